The summed E-state index contributed by atoms with van der Waals surface area (Å²) in [6.07, 6.45) is 2.19. The fourth-order valence-corrected chi connectivity index (χ4v) is 4.63. The smallest absolute Gasteiger partial charge is 0.262 e. The summed E-state index contributed by atoms with van der Waals surface area (Å²) in [7, 11) is 1.68. The number of carbonyl (C=O) groups excluding carboxylic acids is 1. The Labute approximate surface area is 177 Å². The lowest BCUT2D eigenvalue weighted by Gasteiger charge is -2.16. The maximum absolute atomic E-state index is 12.5. The van der Waals surface area contributed by atoms with Crippen LogP contribution in [-0.4, -0.2) is 37.4 Å². The second-order valence-electron chi connectivity index (χ2n) is 7.71. The number of thioether (sulfide) groups is 1. The van der Waals surface area contributed by atoms with Crippen LogP contribution in [0.3, 0.4) is 0 Å². The largest absolute Gasteiger partial charge is 0.354 e. The summed E-state index contributed by atoms with van der Waals surface area (Å²) in [5, 5.41) is 12.7. The maximum Gasteiger partial charge on any atom is 0.262 e. The van der Waals surface area contributed by atoms with Gasteiger partial charge in [-0.3, -0.25) is 18.6 Å². The normalized spacial score (nSPS) is 14.8. The molecule has 0 aliphatic heterocycles. The van der Waals surface area contributed by atoms with Crippen molar-refractivity contribution < 1.29 is 4.79 Å². The van der Waals surface area contributed by atoms with Crippen molar-refractivity contribution in [3.8, 4) is 0 Å². The Morgan fingerprint density at radius 2 is 1.83 bits per heavy atom. The van der Waals surface area contributed by atoms with Gasteiger partial charge in [0.1, 0.15) is 0 Å². The molecule has 0 bridgehead atoms. The average molecular weight is 420 g/mol. The molecule has 2 aromatic heterocycles. The molecule has 152 valence electrons. The van der Waals surface area contributed by atoms with Crippen LogP contribution in [0, 0.1) is 0 Å². The Morgan fingerprint density at radius 1 is 1.10 bits per heavy atom. The minimum Gasteiger partial charge on any atom is -0.354 e. The van der Waals surface area contributed by atoms with Crippen molar-refractivity contribution in [2.45, 2.75) is 23.4 Å². The fourth-order valence-electron chi connectivity index (χ4n) is 3.86. The molecular formula is C22H21N5O2S. The molecule has 4 aromatic rings. The van der Waals surface area contributed by atoms with Gasteiger partial charge < -0.3 is 5.32 Å². The molecule has 0 atom stereocenters. The second-order valence-corrected chi connectivity index (χ2v) is 8.65. The van der Waals surface area contributed by atoms with Gasteiger partial charge >= 0.3 is 0 Å². The van der Waals surface area contributed by atoms with E-state index in [-0.39, 0.29) is 22.6 Å². The standard InChI is InChI=1S/C22H21N5O2S/c1-26-19(29)16-9-5-6-10-17(16)27-20(26)24-25-21(27)30-13-18(28)23-14-22(11-12-22)15-7-3-2-4-8-15/h2-10H,11-14H2,1H3,(H,23,28). The van der Waals surface area contributed by atoms with Crippen molar-refractivity contribution in [3.63, 3.8) is 0 Å². The highest BCUT2D eigenvalue weighted by Gasteiger charge is 2.44. The number of aryl methyl sites for hydroxylation is 1. The van der Waals surface area contributed by atoms with Gasteiger partial charge in [-0.15, -0.1) is 10.2 Å². The lowest BCUT2D eigenvalue weighted by molar-refractivity contribution is -0.118. The molecule has 1 aliphatic rings. The van der Waals surface area contributed by atoms with Crippen molar-refractivity contribution in [1.29, 1.82) is 0 Å². The molecule has 2 aromatic carbocycles. The number of nitrogens with zero attached hydrogens (tertiary/aromatic N) is 4. The van der Waals surface area contributed by atoms with Crippen LogP contribution in [0.25, 0.3) is 16.7 Å². The van der Waals surface area contributed by atoms with Gasteiger partial charge in [-0.05, 0) is 30.5 Å². The summed E-state index contributed by atoms with van der Waals surface area (Å²) in [5.41, 5.74) is 1.99. The number of hydrogen-bond acceptors (Lipinski definition) is 5. The van der Waals surface area contributed by atoms with Crippen molar-refractivity contribution in [1.82, 2.24) is 24.5 Å². The molecule has 1 saturated carbocycles. The highest BCUT2D eigenvalue weighted by molar-refractivity contribution is 7.99. The van der Waals surface area contributed by atoms with E-state index < -0.39 is 0 Å². The second kappa shape index (κ2) is 7.28. The molecule has 5 rings (SSSR count). The quantitative estimate of drug-likeness (QED) is 0.486. The fraction of sp³-hybridized carbons (Fsp3) is 0.273. The molecule has 0 saturated heterocycles. The van der Waals surface area contributed by atoms with E-state index >= 15 is 0 Å². The Morgan fingerprint density at radius 3 is 2.60 bits per heavy atom. The first-order valence-corrected chi connectivity index (χ1v) is 10.9. The predicted molar refractivity (Wildman–Crippen MR) is 117 cm³/mol. The van der Waals surface area contributed by atoms with Crippen LogP contribution in [0.5, 0.6) is 0 Å². The first-order valence-electron chi connectivity index (χ1n) is 9.87. The van der Waals surface area contributed by atoms with Crippen LogP contribution in [-0.2, 0) is 17.3 Å². The van der Waals surface area contributed by atoms with Gasteiger partial charge in [0.2, 0.25) is 11.7 Å². The van der Waals surface area contributed by atoms with Crippen LogP contribution < -0.4 is 10.9 Å². The molecule has 1 N–H and O–H groups in total. The molecule has 0 spiro atoms. The van der Waals surface area contributed by atoms with Crippen LogP contribution in [0.1, 0.15) is 18.4 Å². The summed E-state index contributed by atoms with van der Waals surface area (Å²) >= 11 is 1.32. The summed E-state index contributed by atoms with van der Waals surface area (Å²) < 4.78 is 3.32. The van der Waals surface area contributed by atoms with Crippen LogP contribution in [0.15, 0.2) is 64.5 Å². The van der Waals surface area contributed by atoms with Gasteiger partial charge in [-0.25, -0.2) is 0 Å². The predicted octanol–water partition coefficient (Wildman–Crippen LogP) is 2.52. The average Bonchev–Trinajstić information content (AvgIpc) is 3.46. The van der Waals surface area contributed by atoms with E-state index in [2.05, 4.69) is 27.6 Å². The highest BCUT2D eigenvalue weighted by Crippen LogP contribution is 2.47. The van der Waals surface area contributed by atoms with Gasteiger partial charge in [-0.2, -0.15) is 0 Å². The number of carbonyl (C=O) groups is 1. The van der Waals surface area contributed by atoms with Crippen LogP contribution in [0.4, 0.5) is 0 Å². The van der Waals surface area contributed by atoms with Crippen LogP contribution >= 0.6 is 11.8 Å². The number of para-hydroxylation sites is 1. The van der Waals surface area contributed by atoms with Crippen molar-refractivity contribution >= 4 is 34.3 Å². The van der Waals surface area contributed by atoms with E-state index in [1.807, 2.05) is 40.8 Å². The Kier molecular flexibility index (Phi) is 4.58. The molecule has 1 fully saturated rings. The van der Waals surface area contributed by atoms with E-state index in [9.17, 15) is 9.59 Å². The minimum atomic E-state index is -0.115. The zero-order chi connectivity index (χ0) is 20.7. The van der Waals surface area contributed by atoms with E-state index in [1.54, 1.807) is 13.1 Å². The van der Waals surface area contributed by atoms with Gasteiger partial charge in [-0.1, -0.05) is 54.2 Å². The molecule has 7 nitrogen and oxygen atoms in total. The molecule has 0 radical (unpaired) electrons. The Balaban J connectivity index is 1.32. The number of nitrogens with one attached hydrogen (secondary N) is 1. The zero-order valence-electron chi connectivity index (χ0n) is 16.5. The molecule has 0 unspecified atom stereocenters. The Bertz CT molecular complexity index is 1310. The number of aromatic nitrogens is 4. The minimum absolute atomic E-state index is 0.0342. The van der Waals surface area contributed by atoms with Crippen molar-refractivity contribution in [3.05, 3.63) is 70.5 Å². The summed E-state index contributed by atoms with van der Waals surface area (Å²) in [5.74, 6) is 0.665. The maximum atomic E-state index is 12.5. The summed E-state index contributed by atoms with van der Waals surface area (Å²) in [6, 6.07) is 17.7. The third kappa shape index (κ3) is 3.17. The molecular weight excluding hydrogens is 398 g/mol. The molecule has 30 heavy (non-hydrogen) atoms. The van der Waals surface area contributed by atoms with Crippen LogP contribution in [0.2, 0.25) is 0 Å². The SMILES string of the molecule is Cn1c(=O)c2ccccc2n2c(SCC(=O)NCC3(c4ccccc4)CC3)nnc12. The molecule has 2 heterocycles. The lowest BCUT2D eigenvalue weighted by Crippen LogP contribution is -2.33. The summed E-state index contributed by atoms with van der Waals surface area (Å²) in [6.45, 7) is 0.647. The van der Waals surface area contributed by atoms with E-state index in [0.717, 1.165) is 18.4 Å². The van der Waals surface area contributed by atoms with Gasteiger partial charge in [0.05, 0.1) is 16.7 Å². The van der Waals surface area contributed by atoms with E-state index in [1.165, 1.54) is 21.9 Å². The molecule has 1 aliphatic carbocycles. The molecule has 8 heteroatoms. The third-order valence-electron chi connectivity index (χ3n) is 5.79. The van der Waals surface area contributed by atoms with Gasteiger partial charge in [0, 0.05) is 19.0 Å². The first-order chi connectivity index (χ1) is 14.6. The van der Waals surface area contributed by atoms with Gasteiger partial charge in [0.25, 0.3) is 5.56 Å². The van der Waals surface area contributed by atoms with Crippen molar-refractivity contribution in [2.24, 2.45) is 7.05 Å². The number of amides is 1. The highest BCUT2D eigenvalue weighted by atomic mass is 32.2. The summed E-state index contributed by atoms with van der Waals surface area (Å²) in [4.78, 5) is 25.1. The van der Waals surface area contributed by atoms with E-state index in [0.29, 0.717) is 22.9 Å². The molecule has 1 amide bonds. The third-order valence-corrected chi connectivity index (χ3v) is 6.72. The van der Waals surface area contributed by atoms with E-state index in [4.69, 9.17) is 0 Å². The number of rotatable bonds is 6. The topological polar surface area (TPSA) is 81.3 Å². The number of hydrogen-bond donors (Lipinski definition) is 1. The Hall–Kier alpha value is -3.13. The van der Waals surface area contributed by atoms with Gasteiger partial charge in [0.15, 0.2) is 5.16 Å². The lowest BCUT2D eigenvalue weighted by atomic mass is 9.96. The zero-order valence-corrected chi connectivity index (χ0v) is 17.4. The number of fused-ring (bicyclic) bond motifs is 3. The first kappa shape index (κ1) is 18.9. The van der Waals surface area contributed by atoms with Crippen molar-refractivity contribution in [2.75, 3.05) is 12.3 Å². The monoisotopic (exact) mass is 419 g/mol. The number of benzene rings is 2.